The number of aromatic amines is 1. The van der Waals surface area contributed by atoms with Crippen LogP contribution in [0.15, 0.2) is 5.38 Å². The van der Waals surface area contributed by atoms with Gasteiger partial charge in [0.15, 0.2) is 10.6 Å². The minimum atomic E-state index is 0.649. The first-order valence-electron chi connectivity index (χ1n) is 4.98. The van der Waals surface area contributed by atoms with Gasteiger partial charge >= 0.3 is 0 Å². The summed E-state index contributed by atoms with van der Waals surface area (Å²) >= 11 is 6.82. The molecular weight excluding hydrogens is 240 g/mol. The lowest BCUT2D eigenvalue weighted by Crippen LogP contribution is -2.06. The summed E-state index contributed by atoms with van der Waals surface area (Å²) in [5.41, 5.74) is 2.48. The second kappa shape index (κ2) is 4.39. The van der Waals surface area contributed by atoms with Gasteiger partial charge in [0.1, 0.15) is 0 Å². The second-order valence-corrected chi connectivity index (χ2v) is 5.18. The van der Waals surface area contributed by atoms with Gasteiger partial charge in [0.25, 0.3) is 0 Å². The van der Waals surface area contributed by atoms with Crippen LogP contribution in [0.4, 0.5) is 5.69 Å². The van der Waals surface area contributed by atoms with Crippen molar-refractivity contribution >= 4 is 29.2 Å². The number of hydrogen-bond acceptors (Lipinski definition) is 4. The maximum absolute atomic E-state index is 5.06. The number of anilines is 1. The number of H-pyrrole nitrogens is 1. The fraction of sp³-hybridized carbons (Fsp3) is 0.400. The van der Waals surface area contributed by atoms with E-state index in [-0.39, 0.29) is 0 Å². The van der Waals surface area contributed by atoms with Crippen LogP contribution in [0.5, 0.6) is 0 Å². The van der Waals surface area contributed by atoms with Crippen LogP contribution in [0, 0.1) is 18.6 Å². The fourth-order valence-electron chi connectivity index (χ4n) is 1.54. The minimum Gasteiger partial charge on any atom is -0.377 e. The third-order valence-corrected chi connectivity index (χ3v) is 3.95. The first-order valence-corrected chi connectivity index (χ1v) is 6.27. The van der Waals surface area contributed by atoms with Crippen molar-refractivity contribution in [1.82, 2.24) is 14.8 Å². The molecule has 2 N–H and O–H groups in total. The molecule has 0 fully saturated rings. The Morgan fingerprint density at radius 2 is 2.31 bits per heavy atom. The minimum absolute atomic E-state index is 0.649. The molecular formula is C10H14N4S2. The van der Waals surface area contributed by atoms with E-state index in [0.29, 0.717) is 11.3 Å². The zero-order valence-electron chi connectivity index (χ0n) is 9.50. The summed E-state index contributed by atoms with van der Waals surface area (Å²) in [6, 6.07) is 0. The van der Waals surface area contributed by atoms with Gasteiger partial charge in [-0.2, -0.15) is 5.10 Å². The molecule has 0 aliphatic rings. The number of nitrogens with one attached hydrogen (secondary N) is 2. The molecule has 16 heavy (non-hydrogen) atoms. The van der Waals surface area contributed by atoms with Gasteiger partial charge in [-0.1, -0.05) is 0 Å². The van der Waals surface area contributed by atoms with E-state index < -0.39 is 0 Å². The van der Waals surface area contributed by atoms with Crippen LogP contribution in [0.25, 0.3) is 0 Å². The molecule has 0 bridgehead atoms. The largest absolute Gasteiger partial charge is 0.377 e. The molecule has 2 rings (SSSR count). The van der Waals surface area contributed by atoms with Crippen LogP contribution in [-0.2, 0) is 13.6 Å². The highest BCUT2D eigenvalue weighted by Crippen LogP contribution is 2.26. The summed E-state index contributed by atoms with van der Waals surface area (Å²) in [4.78, 5) is 1.30. The number of aromatic nitrogens is 3. The SMILES string of the molecule is Cc1csc(C)c1NCc1n[nH]c(=S)n1C. The molecule has 2 aromatic rings. The lowest BCUT2D eigenvalue weighted by Gasteiger charge is -2.06. The Kier molecular flexibility index (Phi) is 3.11. The van der Waals surface area contributed by atoms with Crippen molar-refractivity contribution in [3.63, 3.8) is 0 Å². The van der Waals surface area contributed by atoms with Crippen molar-refractivity contribution < 1.29 is 0 Å². The first-order chi connectivity index (χ1) is 7.59. The molecule has 6 heteroatoms. The monoisotopic (exact) mass is 254 g/mol. The normalized spacial score (nSPS) is 10.7. The Hall–Kier alpha value is -1.14. The Bertz CT molecular complexity index is 530. The summed E-state index contributed by atoms with van der Waals surface area (Å²) in [7, 11) is 1.91. The average Bonchev–Trinajstić information content (AvgIpc) is 2.73. The van der Waals surface area contributed by atoms with Crippen LogP contribution in [0.2, 0.25) is 0 Å². The molecule has 4 nitrogen and oxygen atoms in total. The summed E-state index contributed by atoms with van der Waals surface area (Å²) < 4.78 is 2.52. The van der Waals surface area contributed by atoms with Crippen molar-refractivity contribution in [2.45, 2.75) is 20.4 Å². The molecule has 0 unspecified atom stereocenters. The van der Waals surface area contributed by atoms with E-state index in [0.717, 1.165) is 5.82 Å². The van der Waals surface area contributed by atoms with Gasteiger partial charge in [-0.25, -0.2) is 0 Å². The van der Waals surface area contributed by atoms with Crippen LogP contribution >= 0.6 is 23.6 Å². The molecule has 2 heterocycles. The van der Waals surface area contributed by atoms with E-state index in [1.807, 2.05) is 11.6 Å². The highest BCUT2D eigenvalue weighted by molar-refractivity contribution is 7.71. The molecule has 0 aliphatic carbocycles. The smallest absolute Gasteiger partial charge is 0.194 e. The Labute approximate surface area is 103 Å². The highest BCUT2D eigenvalue weighted by atomic mass is 32.1. The van der Waals surface area contributed by atoms with Crippen LogP contribution < -0.4 is 5.32 Å². The van der Waals surface area contributed by atoms with Crippen molar-refractivity contribution in [3.05, 3.63) is 26.4 Å². The molecule has 0 aromatic carbocycles. The average molecular weight is 254 g/mol. The molecule has 0 amide bonds. The van der Waals surface area contributed by atoms with Gasteiger partial charge in [0.2, 0.25) is 0 Å². The zero-order valence-corrected chi connectivity index (χ0v) is 11.1. The number of thiophene rings is 1. The van der Waals surface area contributed by atoms with Gasteiger partial charge in [-0.05, 0) is 37.0 Å². The topological polar surface area (TPSA) is 45.6 Å². The number of nitrogens with zero attached hydrogens (tertiary/aromatic N) is 2. The van der Waals surface area contributed by atoms with Crippen molar-refractivity contribution in [1.29, 1.82) is 0 Å². The summed E-state index contributed by atoms with van der Waals surface area (Å²) in [5, 5.41) is 12.5. The fourth-order valence-corrected chi connectivity index (χ4v) is 2.51. The molecule has 0 saturated carbocycles. The number of hydrogen-bond donors (Lipinski definition) is 2. The van der Waals surface area contributed by atoms with Gasteiger partial charge in [0, 0.05) is 11.9 Å². The molecule has 0 saturated heterocycles. The summed E-state index contributed by atoms with van der Waals surface area (Å²) in [5.74, 6) is 0.912. The molecule has 0 atom stereocenters. The molecule has 86 valence electrons. The van der Waals surface area contributed by atoms with Gasteiger partial charge in [-0.15, -0.1) is 11.3 Å². The van der Waals surface area contributed by atoms with Crippen molar-refractivity contribution in [2.75, 3.05) is 5.32 Å². The van der Waals surface area contributed by atoms with E-state index in [1.54, 1.807) is 11.3 Å². The summed E-state index contributed by atoms with van der Waals surface area (Å²) in [6.07, 6.45) is 0. The predicted molar refractivity (Wildman–Crippen MR) is 69.5 cm³/mol. The Morgan fingerprint density at radius 3 is 2.81 bits per heavy atom. The van der Waals surface area contributed by atoms with E-state index in [1.165, 1.54) is 16.1 Å². The lowest BCUT2D eigenvalue weighted by atomic mass is 10.3. The van der Waals surface area contributed by atoms with Crippen LogP contribution in [0.1, 0.15) is 16.3 Å². The van der Waals surface area contributed by atoms with Crippen molar-refractivity contribution in [2.24, 2.45) is 7.05 Å². The predicted octanol–water partition coefficient (Wildman–Crippen LogP) is 2.77. The quantitative estimate of drug-likeness (QED) is 0.828. The van der Waals surface area contributed by atoms with Crippen LogP contribution in [0.3, 0.4) is 0 Å². The maximum atomic E-state index is 5.06. The van der Waals surface area contributed by atoms with E-state index >= 15 is 0 Å². The molecule has 0 spiro atoms. The van der Waals surface area contributed by atoms with E-state index in [4.69, 9.17) is 12.2 Å². The maximum Gasteiger partial charge on any atom is 0.194 e. The molecule has 0 aliphatic heterocycles. The van der Waals surface area contributed by atoms with Crippen LogP contribution in [-0.4, -0.2) is 14.8 Å². The number of rotatable bonds is 3. The first kappa shape index (κ1) is 11.3. The standard InChI is InChI=1S/C10H14N4S2/c1-6-5-16-7(2)9(6)11-4-8-12-13-10(15)14(8)3/h5,11H,4H2,1-3H3,(H,13,15). The lowest BCUT2D eigenvalue weighted by molar-refractivity contribution is 0.804. The Balaban J connectivity index is 2.14. The van der Waals surface area contributed by atoms with E-state index in [9.17, 15) is 0 Å². The highest BCUT2D eigenvalue weighted by Gasteiger charge is 2.06. The van der Waals surface area contributed by atoms with Crippen molar-refractivity contribution in [3.8, 4) is 0 Å². The van der Waals surface area contributed by atoms with E-state index in [2.05, 4.69) is 34.7 Å². The van der Waals surface area contributed by atoms with Gasteiger partial charge < -0.3 is 9.88 Å². The molecule has 0 radical (unpaired) electrons. The summed E-state index contributed by atoms with van der Waals surface area (Å²) in [6.45, 7) is 4.90. The third-order valence-electron chi connectivity index (χ3n) is 2.55. The van der Waals surface area contributed by atoms with Gasteiger partial charge in [-0.3, -0.25) is 5.10 Å². The zero-order chi connectivity index (χ0) is 11.7. The molecule has 2 aromatic heterocycles. The van der Waals surface area contributed by atoms with Gasteiger partial charge in [0.05, 0.1) is 12.2 Å². The third kappa shape index (κ3) is 2.03. The Morgan fingerprint density at radius 1 is 1.56 bits per heavy atom. The number of aryl methyl sites for hydroxylation is 2. The second-order valence-electron chi connectivity index (χ2n) is 3.71.